The molecule has 2 aromatic carbocycles. The van der Waals surface area contributed by atoms with Crippen LogP contribution in [-0.4, -0.2) is 37.5 Å². The van der Waals surface area contributed by atoms with Crippen molar-refractivity contribution in [2.24, 2.45) is 0 Å². The highest BCUT2D eigenvalue weighted by Gasteiger charge is 2.20. The first-order chi connectivity index (χ1) is 13.8. The summed E-state index contributed by atoms with van der Waals surface area (Å²) in [6.45, 7) is 3.51. The van der Waals surface area contributed by atoms with Crippen molar-refractivity contribution in [2.75, 3.05) is 30.9 Å². The first-order valence-electron chi connectivity index (χ1n) is 9.31. The van der Waals surface area contributed by atoms with Crippen LogP contribution in [0.1, 0.15) is 35.3 Å². The molecule has 0 bridgehead atoms. The van der Waals surface area contributed by atoms with E-state index >= 15 is 0 Å². The molecule has 0 atom stereocenters. The lowest BCUT2D eigenvalue weighted by Gasteiger charge is -2.15. The van der Waals surface area contributed by atoms with Gasteiger partial charge in [0.25, 0.3) is 11.6 Å². The molecule has 0 fully saturated rings. The highest BCUT2D eigenvalue weighted by Crippen LogP contribution is 2.28. The number of hydrogen-bond acceptors (Lipinski definition) is 6. The number of anilines is 2. The molecule has 0 saturated carbocycles. The molecule has 29 heavy (non-hydrogen) atoms. The van der Waals surface area contributed by atoms with Gasteiger partial charge in [0.2, 0.25) is 0 Å². The van der Waals surface area contributed by atoms with Crippen LogP contribution in [-0.2, 0) is 22.4 Å². The largest absolute Gasteiger partial charge is 0.452 e. The fourth-order valence-electron chi connectivity index (χ4n) is 2.97. The SMILES string of the molecule is CCc1cccc(CC)c1NC(=O)COC(=O)c1ccc(N(C)C)c([N+](=O)[O-])c1. The highest BCUT2D eigenvalue weighted by molar-refractivity contribution is 5.97. The minimum Gasteiger partial charge on any atom is -0.452 e. The standard InChI is InChI=1S/C21H25N3O5/c1-5-14-8-7-9-15(6-2)20(14)22-19(25)13-29-21(26)16-10-11-17(23(3)4)18(12-16)24(27)28/h7-12H,5-6,13H2,1-4H3,(H,22,25). The molecule has 0 aromatic heterocycles. The van der Waals surface area contributed by atoms with Gasteiger partial charge in [0.15, 0.2) is 6.61 Å². The zero-order valence-corrected chi connectivity index (χ0v) is 17.0. The maximum Gasteiger partial charge on any atom is 0.338 e. The van der Waals surface area contributed by atoms with Crippen LogP contribution in [0.2, 0.25) is 0 Å². The number of rotatable bonds is 8. The zero-order valence-electron chi connectivity index (χ0n) is 17.0. The van der Waals surface area contributed by atoms with Crippen molar-refractivity contribution in [1.29, 1.82) is 0 Å². The Kier molecular flexibility index (Phi) is 7.30. The van der Waals surface area contributed by atoms with E-state index in [-0.39, 0.29) is 11.3 Å². The van der Waals surface area contributed by atoms with Gasteiger partial charge in [0.1, 0.15) is 5.69 Å². The number of aryl methyl sites for hydroxylation is 2. The summed E-state index contributed by atoms with van der Waals surface area (Å²) in [5, 5.41) is 14.1. The van der Waals surface area contributed by atoms with Crippen molar-refractivity contribution in [3.05, 3.63) is 63.2 Å². The van der Waals surface area contributed by atoms with Crippen molar-refractivity contribution in [1.82, 2.24) is 0 Å². The van der Waals surface area contributed by atoms with Crippen LogP contribution in [0.4, 0.5) is 17.1 Å². The topological polar surface area (TPSA) is 102 Å². The third-order valence-corrected chi connectivity index (χ3v) is 4.49. The number of para-hydroxylation sites is 1. The van der Waals surface area contributed by atoms with E-state index in [1.165, 1.54) is 12.1 Å². The molecule has 0 spiro atoms. The van der Waals surface area contributed by atoms with Gasteiger partial charge in [0.05, 0.1) is 10.5 Å². The monoisotopic (exact) mass is 399 g/mol. The zero-order chi connectivity index (χ0) is 21.6. The Labute approximate surface area is 169 Å². The Morgan fingerprint density at radius 3 is 2.24 bits per heavy atom. The third kappa shape index (κ3) is 5.31. The van der Waals surface area contributed by atoms with Crippen LogP contribution in [0, 0.1) is 10.1 Å². The highest BCUT2D eigenvalue weighted by atomic mass is 16.6. The normalized spacial score (nSPS) is 10.3. The minimum absolute atomic E-state index is 0.0123. The quantitative estimate of drug-likeness (QED) is 0.414. The van der Waals surface area contributed by atoms with Crippen molar-refractivity contribution in [3.8, 4) is 0 Å². The van der Waals surface area contributed by atoms with E-state index in [0.29, 0.717) is 5.69 Å². The molecule has 154 valence electrons. The lowest BCUT2D eigenvalue weighted by Crippen LogP contribution is -2.22. The fourth-order valence-corrected chi connectivity index (χ4v) is 2.97. The van der Waals surface area contributed by atoms with Crippen LogP contribution in [0.5, 0.6) is 0 Å². The molecule has 1 amide bonds. The Balaban J connectivity index is 2.09. The Morgan fingerprint density at radius 1 is 1.10 bits per heavy atom. The number of ether oxygens (including phenoxy) is 1. The second-order valence-corrected chi connectivity index (χ2v) is 6.64. The second-order valence-electron chi connectivity index (χ2n) is 6.64. The molecule has 2 aromatic rings. The first kappa shape index (κ1) is 21.9. The van der Waals surface area contributed by atoms with E-state index in [1.54, 1.807) is 19.0 Å². The summed E-state index contributed by atoms with van der Waals surface area (Å²) in [7, 11) is 3.34. The summed E-state index contributed by atoms with van der Waals surface area (Å²) < 4.78 is 5.06. The summed E-state index contributed by atoms with van der Waals surface area (Å²) in [6.07, 6.45) is 1.51. The van der Waals surface area contributed by atoms with Crippen molar-refractivity contribution >= 4 is 28.9 Å². The van der Waals surface area contributed by atoms with Gasteiger partial charge in [-0.25, -0.2) is 4.79 Å². The molecule has 0 aliphatic heterocycles. The first-order valence-corrected chi connectivity index (χ1v) is 9.31. The number of carbonyl (C=O) groups is 2. The number of nitrogens with zero attached hydrogens (tertiary/aromatic N) is 2. The van der Waals surface area contributed by atoms with E-state index in [9.17, 15) is 19.7 Å². The summed E-state index contributed by atoms with van der Waals surface area (Å²) in [6, 6.07) is 9.87. The number of amides is 1. The molecule has 0 aliphatic rings. The summed E-state index contributed by atoms with van der Waals surface area (Å²) >= 11 is 0. The van der Waals surface area contributed by atoms with Gasteiger partial charge in [-0.3, -0.25) is 14.9 Å². The molecular formula is C21H25N3O5. The maximum atomic E-state index is 12.3. The summed E-state index contributed by atoms with van der Waals surface area (Å²) in [5.41, 5.74) is 2.91. The van der Waals surface area contributed by atoms with Gasteiger partial charge in [-0.15, -0.1) is 0 Å². The fraction of sp³-hybridized carbons (Fsp3) is 0.333. The number of hydrogen-bond donors (Lipinski definition) is 1. The molecule has 0 aliphatic carbocycles. The number of nitro benzene ring substituents is 1. The van der Waals surface area contributed by atoms with Crippen molar-refractivity contribution in [2.45, 2.75) is 26.7 Å². The van der Waals surface area contributed by atoms with Crippen LogP contribution in [0.15, 0.2) is 36.4 Å². The minimum atomic E-state index is -0.798. The van der Waals surface area contributed by atoms with Crippen LogP contribution >= 0.6 is 0 Å². The molecular weight excluding hydrogens is 374 g/mol. The maximum absolute atomic E-state index is 12.3. The Morgan fingerprint density at radius 2 is 1.72 bits per heavy atom. The second kappa shape index (κ2) is 9.68. The number of benzene rings is 2. The van der Waals surface area contributed by atoms with E-state index in [0.717, 1.165) is 35.7 Å². The van der Waals surface area contributed by atoms with Crippen molar-refractivity contribution in [3.63, 3.8) is 0 Å². The van der Waals surface area contributed by atoms with Gasteiger partial charge < -0.3 is 15.0 Å². The molecule has 0 unspecified atom stereocenters. The van der Waals surface area contributed by atoms with E-state index in [4.69, 9.17) is 4.74 Å². The van der Waals surface area contributed by atoms with Gasteiger partial charge >= 0.3 is 5.97 Å². The molecule has 1 N–H and O–H groups in total. The third-order valence-electron chi connectivity index (χ3n) is 4.49. The van der Waals surface area contributed by atoms with E-state index in [1.807, 2.05) is 32.0 Å². The van der Waals surface area contributed by atoms with Gasteiger partial charge in [-0.05, 0) is 36.1 Å². The van der Waals surface area contributed by atoms with Crippen LogP contribution in [0.3, 0.4) is 0 Å². The van der Waals surface area contributed by atoms with Gasteiger partial charge in [-0.2, -0.15) is 0 Å². The number of nitro groups is 1. The average Bonchev–Trinajstić information content (AvgIpc) is 2.71. The molecule has 0 heterocycles. The van der Waals surface area contributed by atoms with Gasteiger partial charge in [-0.1, -0.05) is 32.0 Å². The Hall–Kier alpha value is -3.42. The predicted octanol–water partition coefficient (Wildman–Crippen LogP) is 3.58. The number of esters is 1. The van der Waals surface area contributed by atoms with Crippen molar-refractivity contribution < 1.29 is 19.2 Å². The lowest BCUT2D eigenvalue weighted by atomic mass is 10.0. The molecule has 8 heteroatoms. The molecule has 0 saturated heterocycles. The van der Waals surface area contributed by atoms with E-state index in [2.05, 4.69) is 5.32 Å². The molecule has 2 rings (SSSR count). The molecule has 0 radical (unpaired) electrons. The molecule has 8 nitrogen and oxygen atoms in total. The summed E-state index contributed by atoms with van der Waals surface area (Å²) in [4.78, 5) is 36.8. The van der Waals surface area contributed by atoms with Gasteiger partial charge in [0, 0.05) is 25.8 Å². The lowest BCUT2D eigenvalue weighted by molar-refractivity contribution is -0.384. The predicted molar refractivity (Wildman–Crippen MR) is 112 cm³/mol. The van der Waals surface area contributed by atoms with E-state index < -0.39 is 23.4 Å². The number of carbonyl (C=O) groups excluding carboxylic acids is 2. The Bertz CT molecular complexity index is 902. The van der Waals surface area contributed by atoms with Crippen LogP contribution < -0.4 is 10.2 Å². The van der Waals surface area contributed by atoms with Crippen LogP contribution in [0.25, 0.3) is 0 Å². The summed E-state index contributed by atoms with van der Waals surface area (Å²) in [5.74, 6) is -1.26. The smallest absolute Gasteiger partial charge is 0.338 e. The average molecular weight is 399 g/mol. The number of nitrogens with one attached hydrogen (secondary N) is 1.